The predicted molar refractivity (Wildman–Crippen MR) is 60.4 cm³/mol. The molecule has 2 rings (SSSR count). The third kappa shape index (κ3) is 3.68. The summed E-state index contributed by atoms with van der Waals surface area (Å²) in [6.45, 7) is 1.80. The minimum absolute atomic E-state index is 0.750. The Balaban J connectivity index is 0.000000195. The summed E-state index contributed by atoms with van der Waals surface area (Å²) in [6.07, 6.45) is 7.28. The summed E-state index contributed by atoms with van der Waals surface area (Å²) < 4.78 is 0. The van der Waals surface area contributed by atoms with E-state index in [0.29, 0.717) is 0 Å². The van der Waals surface area contributed by atoms with Crippen LogP contribution >= 0.6 is 0 Å². The van der Waals surface area contributed by atoms with Gasteiger partial charge in [0.15, 0.2) is 0 Å². The van der Waals surface area contributed by atoms with Crippen LogP contribution in [-0.4, -0.2) is 16.3 Å². The number of benzene rings is 1. The van der Waals surface area contributed by atoms with Crippen LogP contribution in [0.15, 0.2) is 48.8 Å². The molecule has 0 aliphatic rings. The summed E-state index contributed by atoms with van der Waals surface area (Å²) in [5.74, 6) is 0. The van der Waals surface area contributed by atoms with E-state index in [1.165, 1.54) is 6.08 Å². The molecule has 1 aromatic heterocycles. The number of fused-ring (bicyclic) bond motifs is 1. The summed E-state index contributed by atoms with van der Waals surface area (Å²) in [5, 5.41) is 0. The Bertz CT molecular complexity index is 387. The van der Waals surface area contributed by atoms with Crippen molar-refractivity contribution in [2.75, 3.05) is 0 Å². The highest BCUT2D eigenvalue weighted by Gasteiger charge is 1.88. The van der Waals surface area contributed by atoms with Crippen LogP contribution in [0.5, 0.6) is 0 Å². The van der Waals surface area contributed by atoms with E-state index in [2.05, 4.69) is 9.97 Å². The zero-order valence-electron chi connectivity index (χ0n) is 8.50. The van der Waals surface area contributed by atoms with Gasteiger partial charge in [0.05, 0.1) is 11.0 Å². The summed E-state index contributed by atoms with van der Waals surface area (Å²) in [6, 6.07) is 7.80. The number of nitrogens with zero attached hydrogens (tertiary/aromatic N) is 2. The number of carbonyl (C=O) groups excluding carboxylic acids is 1. The van der Waals surface area contributed by atoms with Gasteiger partial charge < -0.3 is 0 Å². The van der Waals surface area contributed by atoms with Gasteiger partial charge in [0.25, 0.3) is 0 Å². The molecular weight excluding hydrogens is 188 g/mol. The van der Waals surface area contributed by atoms with E-state index < -0.39 is 0 Å². The standard InChI is InChI=1S/C8H6N2.C4H6O/c1-2-4-8-7(3-1)9-5-6-10-8;1-2-3-4-5/h1-6H;2-4H,1H3. The van der Waals surface area contributed by atoms with Crippen molar-refractivity contribution in [3.05, 3.63) is 48.8 Å². The number of allylic oxidation sites excluding steroid dienone is 2. The third-order valence-electron chi connectivity index (χ3n) is 1.65. The topological polar surface area (TPSA) is 42.9 Å². The quantitative estimate of drug-likeness (QED) is 0.524. The number of para-hydroxylation sites is 2. The van der Waals surface area contributed by atoms with Gasteiger partial charge in [0.1, 0.15) is 6.29 Å². The average Bonchev–Trinajstić information content (AvgIpc) is 2.31. The molecule has 0 radical (unpaired) electrons. The Kier molecular flexibility index (Phi) is 4.73. The molecular formula is C12H12N2O. The van der Waals surface area contributed by atoms with Crippen LogP contribution in [0.4, 0.5) is 0 Å². The molecule has 0 aliphatic carbocycles. The second-order valence-corrected chi connectivity index (χ2v) is 2.71. The van der Waals surface area contributed by atoms with E-state index in [4.69, 9.17) is 0 Å². The number of hydrogen-bond acceptors (Lipinski definition) is 3. The molecule has 0 saturated carbocycles. The molecule has 2 aromatic rings. The molecule has 0 N–H and O–H groups in total. The van der Waals surface area contributed by atoms with Gasteiger partial charge >= 0.3 is 0 Å². The number of carbonyl (C=O) groups is 1. The van der Waals surface area contributed by atoms with Crippen LogP contribution in [0.3, 0.4) is 0 Å². The Labute approximate surface area is 88.5 Å². The van der Waals surface area contributed by atoms with Crippen molar-refractivity contribution in [2.45, 2.75) is 6.92 Å². The monoisotopic (exact) mass is 200 g/mol. The van der Waals surface area contributed by atoms with E-state index in [0.717, 1.165) is 17.3 Å². The van der Waals surface area contributed by atoms with Crippen molar-refractivity contribution in [2.24, 2.45) is 0 Å². The van der Waals surface area contributed by atoms with Crippen molar-refractivity contribution in [3.8, 4) is 0 Å². The predicted octanol–water partition coefficient (Wildman–Crippen LogP) is 2.39. The van der Waals surface area contributed by atoms with Gasteiger partial charge in [-0.25, -0.2) is 0 Å². The van der Waals surface area contributed by atoms with E-state index in [9.17, 15) is 4.79 Å². The third-order valence-corrected chi connectivity index (χ3v) is 1.65. The minimum Gasteiger partial charge on any atom is -0.299 e. The summed E-state index contributed by atoms with van der Waals surface area (Å²) in [5.41, 5.74) is 1.90. The van der Waals surface area contributed by atoms with E-state index in [-0.39, 0.29) is 0 Å². The summed E-state index contributed by atoms with van der Waals surface area (Å²) >= 11 is 0. The number of rotatable bonds is 1. The van der Waals surface area contributed by atoms with Crippen molar-refractivity contribution in [3.63, 3.8) is 0 Å². The molecule has 0 saturated heterocycles. The second kappa shape index (κ2) is 6.43. The first-order valence-corrected chi connectivity index (χ1v) is 4.60. The first-order valence-electron chi connectivity index (χ1n) is 4.60. The van der Waals surface area contributed by atoms with Gasteiger partial charge in [0, 0.05) is 12.4 Å². The smallest absolute Gasteiger partial charge is 0.142 e. The largest absolute Gasteiger partial charge is 0.299 e. The van der Waals surface area contributed by atoms with Crippen molar-refractivity contribution >= 4 is 17.3 Å². The zero-order chi connectivity index (χ0) is 10.9. The molecule has 3 nitrogen and oxygen atoms in total. The molecule has 0 unspecified atom stereocenters. The van der Waals surface area contributed by atoms with Crippen molar-refractivity contribution < 1.29 is 4.79 Å². The highest BCUT2D eigenvalue weighted by atomic mass is 16.1. The molecule has 15 heavy (non-hydrogen) atoms. The minimum atomic E-state index is 0.750. The molecule has 1 aromatic carbocycles. The number of aromatic nitrogens is 2. The van der Waals surface area contributed by atoms with Gasteiger partial charge in [0.2, 0.25) is 0 Å². The van der Waals surface area contributed by atoms with Gasteiger partial charge in [-0.1, -0.05) is 18.2 Å². The van der Waals surface area contributed by atoms with Gasteiger partial charge in [-0.2, -0.15) is 0 Å². The van der Waals surface area contributed by atoms with Crippen LogP contribution < -0.4 is 0 Å². The molecule has 76 valence electrons. The molecule has 0 spiro atoms. The normalized spacial score (nSPS) is 9.67. The Morgan fingerprint density at radius 2 is 1.60 bits per heavy atom. The van der Waals surface area contributed by atoms with Crippen molar-refractivity contribution in [1.29, 1.82) is 0 Å². The van der Waals surface area contributed by atoms with Crippen LogP contribution in [0, 0.1) is 0 Å². The van der Waals surface area contributed by atoms with Crippen LogP contribution in [0.25, 0.3) is 11.0 Å². The molecule has 3 heteroatoms. The van der Waals surface area contributed by atoms with Crippen LogP contribution in [-0.2, 0) is 4.79 Å². The first kappa shape index (κ1) is 11.0. The fraction of sp³-hybridized carbons (Fsp3) is 0.0833. The maximum absolute atomic E-state index is 9.32. The van der Waals surface area contributed by atoms with Crippen LogP contribution in [0.2, 0.25) is 0 Å². The Hall–Kier alpha value is -2.03. The highest BCUT2D eigenvalue weighted by molar-refractivity contribution is 5.72. The fourth-order valence-electron chi connectivity index (χ4n) is 0.988. The lowest BCUT2D eigenvalue weighted by atomic mass is 10.3. The molecule has 1 heterocycles. The summed E-state index contributed by atoms with van der Waals surface area (Å²) in [4.78, 5) is 17.6. The number of aldehydes is 1. The molecule has 0 aliphatic heterocycles. The number of hydrogen-bond donors (Lipinski definition) is 0. The fourth-order valence-corrected chi connectivity index (χ4v) is 0.988. The maximum atomic E-state index is 9.32. The zero-order valence-corrected chi connectivity index (χ0v) is 8.50. The van der Waals surface area contributed by atoms with Crippen molar-refractivity contribution in [1.82, 2.24) is 9.97 Å². The van der Waals surface area contributed by atoms with E-state index >= 15 is 0 Å². The van der Waals surface area contributed by atoms with Gasteiger partial charge in [-0.05, 0) is 25.1 Å². The average molecular weight is 200 g/mol. The maximum Gasteiger partial charge on any atom is 0.142 e. The lowest BCUT2D eigenvalue weighted by Gasteiger charge is -1.90. The van der Waals surface area contributed by atoms with Gasteiger partial charge in [-0.3, -0.25) is 14.8 Å². The Morgan fingerprint density at radius 1 is 1.07 bits per heavy atom. The molecule has 0 atom stereocenters. The van der Waals surface area contributed by atoms with E-state index in [1.54, 1.807) is 25.4 Å². The summed E-state index contributed by atoms with van der Waals surface area (Å²) in [7, 11) is 0. The lowest BCUT2D eigenvalue weighted by Crippen LogP contribution is -1.78. The van der Waals surface area contributed by atoms with Crippen LogP contribution in [0.1, 0.15) is 6.92 Å². The lowest BCUT2D eigenvalue weighted by molar-refractivity contribution is -0.104. The SMILES string of the molecule is CC=CC=O.c1ccc2nccnc2c1. The van der Waals surface area contributed by atoms with E-state index in [1.807, 2.05) is 24.3 Å². The molecule has 0 amide bonds. The first-order chi connectivity index (χ1) is 7.38. The second-order valence-electron chi connectivity index (χ2n) is 2.71. The molecule has 0 bridgehead atoms. The van der Waals surface area contributed by atoms with Gasteiger partial charge in [-0.15, -0.1) is 0 Å². The highest BCUT2D eigenvalue weighted by Crippen LogP contribution is 2.04. The Morgan fingerprint density at radius 3 is 1.93 bits per heavy atom. The molecule has 0 fully saturated rings.